The lowest BCUT2D eigenvalue weighted by molar-refractivity contribution is -0.385. The molecule has 33 heavy (non-hydrogen) atoms. The lowest BCUT2D eigenvalue weighted by Gasteiger charge is -2.12. The van der Waals surface area contributed by atoms with Crippen LogP contribution in [-0.4, -0.2) is 54.9 Å². The summed E-state index contributed by atoms with van der Waals surface area (Å²) >= 11 is 0. The number of nitrogens with zero attached hydrogens (tertiary/aromatic N) is 2. The molecule has 2 aromatic carbocycles. The van der Waals surface area contributed by atoms with Gasteiger partial charge >= 0.3 is 0 Å². The van der Waals surface area contributed by atoms with Crippen molar-refractivity contribution in [1.82, 2.24) is 10.2 Å². The highest BCUT2D eigenvalue weighted by molar-refractivity contribution is 6.22. The molecule has 2 aromatic rings. The first-order valence-corrected chi connectivity index (χ1v) is 10.5. The van der Waals surface area contributed by atoms with Crippen LogP contribution >= 0.6 is 0 Å². The molecule has 1 heterocycles. The first-order chi connectivity index (χ1) is 15.8. The van der Waals surface area contributed by atoms with Crippen molar-refractivity contribution in [3.05, 3.63) is 62.7 Å². The van der Waals surface area contributed by atoms with Crippen molar-refractivity contribution in [2.45, 2.75) is 26.2 Å². The standard InChI is InChI=1S/C23H25N3O7/c1-4-5-10-25-22(28)16-7-6-15(11-17(16)23(25)29)21(27)24-9-8-14-12-19(32-2)20(33-3)13-18(14)26(30)31/h6-7,11-13H,4-5,8-10H2,1-3H3,(H,24,27). The third kappa shape index (κ3) is 4.79. The van der Waals surface area contributed by atoms with E-state index in [2.05, 4.69) is 5.32 Å². The van der Waals surface area contributed by atoms with Crippen LogP contribution in [0.15, 0.2) is 30.3 Å². The quantitative estimate of drug-likeness (QED) is 0.331. The number of fused-ring (bicyclic) bond motifs is 1. The number of nitrogens with one attached hydrogen (secondary N) is 1. The summed E-state index contributed by atoms with van der Waals surface area (Å²) < 4.78 is 10.3. The third-order valence-corrected chi connectivity index (χ3v) is 5.43. The molecule has 174 valence electrons. The minimum Gasteiger partial charge on any atom is -0.493 e. The van der Waals surface area contributed by atoms with Crippen molar-refractivity contribution < 1.29 is 28.8 Å². The highest BCUT2D eigenvalue weighted by Gasteiger charge is 2.35. The van der Waals surface area contributed by atoms with Crippen molar-refractivity contribution in [3.8, 4) is 11.5 Å². The zero-order valence-electron chi connectivity index (χ0n) is 18.7. The van der Waals surface area contributed by atoms with Crippen molar-refractivity contribution in [2.24, 2.45) is 0 Å². The highest BCUT2D eigenvalue weighted by Crippen LogP contribution is 2.34. The summed E-state index contributed by atoms with van der Waals surface area (Å²) in [5.74, 6) is -0.621. The maximum atomic E-state index is 12.6. The summed E-state index contributed by atoms with van der Waals surface area (Å²) in [6.45, 7) is 2.42. The lowest BCUT2D eigenvalue weighted by atomic mass is 10.0. The molecule has 0 radical (unpaired) electrons. The zero-order valence-corrected chi connectivity index (χ0v) is 18.7. The molecular formula is C23H25N3O7. The fraction of sp³-hybridized carbons (Fsp3) is 0.348. The molecule has 0 aliphatic carbocycles. The topological polar surface area (TPSA) is 128 Å². The molecule has 0 atom stereocenters. The van der Waals surface area contributed by atoms with E-state index < -0.39 is 16.7 Å². The van der Waals surface area contributed by atoms with Crippen molar-refractivity contribution in [2.75, 3.05) is 27.3 Å². The molecule has 0 bridgehead atoms. The molecule has 0 saturated heterocycles. The summed E-state index contributed by atoms with van der Waals surface area (Å²) in [7, 11) is 2.82. The van der Waals surface area contributed by atoms with E-state index in [4.69, 9.17) is 9.47 Å². The second-order valence-corrected chi connectivity index (χ2v) is 7.47. The monoisotopic (exact) mass is 455 g/mol. The zero-order chi connectivity index (χ0) is 24.1. The maximum absolute atomic E-state index is 12.6. The van der Waals surface area contributed by atoms with E-state index in [1.807, 2.05) is 6.92 Å². The van der Waals surface area contributed by atoms with Crippen LogP contribution in [0, 0.1) is 10.1 Å². The SMILES string of the molecule is CCCCN1C(=O)c2ccc(C(=O)NCCc3cc(OC)c(OC)cc3[N+](=O)[O-])cc2C1=O. The number of nitro benzene ring substituents is 1. The Morgan fingerprint density at radius 1 is 1.06 bits per heavy atom. The smallest absolute Gasteiger partial charge is 0.276 e. The van der Waals surface area contributed by atoms with Crippen molar-refractivity contribution in [1.29, 1.82) is 0 Å². The van der Waals surface area contributed by atoms with Crippen LogP contribution in [0.3, 0.4) is 0 Å². The Bertz CT molecular complexity index is 1110. The van der Waals surface area contributed by atoms with Gasteiger partial charge in [0.05, 0.1) is 36.3 Å². The predicted molar refractivity (Wildman–Crippen MR) is 119 cm³/mol. The Morgan fingerprint density at radius 2 is 1.73 bits per heavy atom. The molecule has 3 amide bonds. The first-order valence-electron chi connectivity index (χ1n) is 10.5. The highest BCUT2D eigenvalue weighted by atomic mass is 16.6. The summed E-state index contributed by atoms with van der Waals surface area (Å²) in [6.07, 6.45) is 1.73. The molecule has 0 aromatic heterocycles. The number of methoxy groups -OCH3 is 2. The second kappa shape index (κ2) is 10.1. The van der Waals surface area contributed by atoms with E-state index in [1.165, 1.54) is 49.5 Å². The van der Waals surface area contributed by atoms with E-state index in [1.54, 1.807) is 0 Å². The minimum atomic E-state index is -0.521. The van der Waals surface area contributed by atoms with Gasteiger partial charge in [0, 0.05) is 24.2 Å². The van der Waals surface area contributed by atoms with Gasteiger partial charge in [-0.05, 0) is 37.1 Å². The summed E-state index contributed by atoms with van der Waals surface area (Å²) in [5.41, 5.74) is 0.955. The molecular weight excluding hydrogens is 430 g/mol. The normalized spacial score (nSPS) is 12.5. The van der Waals surface area contributed by atoms with Crippen LogP contribution in [0.5, 0.6) is 11.5 Å². The Labute approximate surface area is 190 Å². The molecule has 1 aliphatic rings. The van der Waals surface area contributed by atoms with Crippen LogP contribution in [0.2, 0.25) is 0 Å². The molecule has 10 heteroatoms. The van der Waals surface area contributed by atoms with Crippen LogP contribution < -0.4 is 14.8 Å². The molecule has 0 fully saturated rings. The number of benzene rings is 2. The molecule has 1 aliphatic heterocycles. The Balaban J connectivity index is 1.71. The fourth-order valence-corrected chi connectivity index (χ4v) is 3.64. The number of hydrogen-bond acceptors (Lipinski definition) is 7. The molecule has 3 rings (SSSR count). The van der Waals surface area contributed by atoms with Crippen LogP contribution in [0.1, 0.15) is 56.4 Å². The number of nitro groups is 1. The molecule has 0 saturated carbocycles. The van der Waals surface area contributed by atoms with Crippen molar-refractivity contribution in [3.63, 3.8) is 0 Å². The van der Waals surface area contributed by atoms with E-state index in [9.17, 15) is 24.5 Å². The summed E-state index contributed by atoms with van der Waals surface area (Å²) in [5, 5.41) is 14.1. The molecule has 1 N–H and O–H groups in total. The van der Waals surface area contributed by atoms with Gasteiger partial charge in [0.15, 0.2) is 11.5 Å². The first kappa shape index (κ1) is 23.7. The average molecular weight is 455 g/mol. The average Bonchev–Trinajstić information content (AvgIpc) is 3.05. The number of ether oxygens (including phenoxy) is 2. The number of rotatable bonds is 10. The van der Waals surface area contributed by atoms with E-state index in [0.717, 1.165) is 6.42 Å². The van der Waals surface area contributed by atoms with E-state index >= 15 is 0 Å². The number of amides is 3. The lowest BCUT2D eigenvalue weighted by Crippen LogP contribution is -2.30. The van der Waals surface area contributed by atoms with Crippen molar-refractivity contribution >= 4 is 23.4 Å². The van der Waals surface area contributed by atoms with Gasteiger partial charge in [-0.2, -0.15) is 0 Å². The van der Waals surface area contributed by atoms with Crippen LogP contribution in [0.4, 0.5) is 5.69 Å². The molecule has 0 spiro atoms. The molecule has 0 unspecified atom stereocenters. The number of unbranched alkanes of at least 4 members (excludes halogenated alkanes) is 1. The maximum Gasteiger partial charge on any atom is 0.276 e. The van der Waals surface area contributed by atoms with Gasteiger partial charge in [-0.15, -0.1) is 0 Å². The van der Waals surface area contributed by atoms with Crippen LogP contribution in [-0.2, 0) is 6.42 Å². The largest absolute Gasteiger partial charge is 0.493 e. The number of hydrogen-bond donors (Lipinski definition) is 1. The minimum absolute atomic E-state index is 0.113. The van der Waals surface area contributed by atoms with Gasteiger partial charge in [-0.25, -0.2) is 0 Å². The van der Waals surface area contributed by atoms with E-state index in [0.29, 0.717) is 24.3 Å². The number of imide groups is 1. The van der Waals surface area contributed by atoms with Gasteiger partial charge in [0.2, 0.25) is 0 Å². The van der Waals surface area contributed by atoms with Crippen LogP contribution in [0.25, 0.3) is 0 Å². The Morgan fingerprint density at radius 3 is 2.36 bits per heavy atom. The molecule has 10 nitrogen and oxygen atoms in total. The Hall–Kier alpha value is -3.95. The Kier molecular flexibility index (Phi) is 7.27. The van der Waals surface area contributed by atoms with E-state index in [-0.39, 0.29) is 47.0 Å². The predicted octanol–water partition coefficient (Wildman–Crippen LogP) is 2.98. The van der Waals surface area contributed by atoms with Gasteiger partial charge in [0.1, 0.15) is 0 Å². The fourth-order valence-electron chi connectivity index (χ4n) is 3.64. The van der Waals surface area contributed by atoms with Gasteiger partial charge in [-0.1, -0.05) is 13.3 Å². The van der Waals surface area contributed by atoms with Gasteiger partial charge in [-0.3, -0.25) is 29.4 Å². The summed E-state index contributed by atoms with van der Waals surface area (Å²) in [6, 6.07) is 7.17. The number of carbonyl (C=O) groups is 3. The summed E-state index contributed by atoms with van der Waals surface area (Å²) in [4.78, 5) is 49.7. The third-order valence-electron chi connectivity index (χ3n) is 5.43. The van der Waals surface area contributed by atoms with Gasteiger partial charge in [0.25, 0.3) is 23.4 Å². The van der Waals surface area contributed by atoms with Gasteiger partial charge < -0.3 is 14.8 Å². The number of carbonyl (C=O) groups excluding carboxylic acids is 3. The second-order valence-electron chi connectivity index (χ2n) is 7.47.